The van der Waals surface area contributed by atoms with Gasteiger partial charge in [0.1, 0.15) is 18.5 Å². The van der Waals surface area contributed by atoms with Crippen molar-refractivity contribution in [2.45, 2.75) is 19.1 Å². The Labute approximate surface area is 138 Å². The number of carbonyl (C=O) groups excluding carboxylic acids is 1. The first-order valence-corrected chi connectivity index (χ1v) is 7.99. The second-order valence-electron chi connectivity index (χ2n) is 5.68. The zero-order valence-electron chi connectivity index (χ0n) is 12.4. The van der Waals surface area contributed by atoms with Gasteiger partial charge in [0.2, 0.25) is 5.88 Å². The van der Waals surface area contributed by atoms with Crippen molar-refractivity contribution in [2.75, 3.05) is 19.7 Å². The number of carbonyl (C=O) groups is 1. The lowest BCUT2D eigenvalue weighted by atomic mass is 10.3. The van der Waals surface area contributed by atoms with E-state index in [1.165, 1.54) is 0 Å². The fraction of sp³-hybridized carbons (Fsp3) is 0.375. The van der Waals surface area contributed by atoms with Crippen molar-refractivity contribution in [1.29, 1.82) is 0 Å². The molecule has 0 saturated carbocycles. The second-order valence-corrected chi connectivity index (χ2v) is 6.11. The van der Waals surface area contributed by atoms with E-state index >= 15 is 0 Å². The van der Waals surface area contributed by atoms with Crippen LogP contribution in [0.4, 0.5) is 0 Å². The van der Waals surface area contributed by atoms with Crippen molar-refractivity contribution in [1.82, 2.24) is 14.7 Å². The minimum Gasteiger partial charge on any atom is -0.488 e. The van der Waals surface area contributed by atoms with Crippen molar-refractivity contribution in [2.24, 2.45) is 0 Å². The number of ether oxygens (including phenoxy) is 2. The van der Waals surface area contributed by atoms with Crippen LogP contribution in [0.2, 0.25) is 5.02 Å². The predicted octanol–water partition coefficient (Wildman–Crippen LogP) is 2.22. The number of halogens is 1. The molecule has 1 atom stereocenters. The van der Waals surface area contributed by atoms with Crippen LogP contribution in [0.15, 0.2) is 30.3 Å². The summed E-state index contributed by atoms with van der Waals surface area (Å²) in [6.07, 6.45) is 0.769. The van der Waals surface area contributed by atoms with Crippen LogP contribution in [-0.2, 0) is 6.54 Å². The van der Waals surface area contributed by atoms with E-state index in [1.54, 1.807) is 27.8 Å². The summed E-state index contributed by atoms with van der Waals surface area (Å²) in [5.41, 5.74) is 0.433. The van der Waals surface area contributed by atoms with E-state index in [0.717, 1.165) is 12.2 Å². The van der Waals surface area contributed by atoms with Crippen LogP contribution >= 0.6 is 11.6 Å². The molecule has 0 spiro atoms. The molecule has 2 aromatic rings. The summed E-state index contributed by atoms with van der Waals surface area (Å²) < 4.78 is 13.0. The summed E-state index contributed by atoms with van der Waals surface area (Å²) >= 11 is 5.96. The molecular formula is C16H16ClN3O3. The Morgan fingerprint density at radius 3 is 3.09 bits per heavy atom. The third-order valence-corrected chi connectivity index (χ3v) is 4.28. The van der Waals surface area contributed by atoms with E-state index in [9.17, 15) is 4.79 Å². The highest BCUT2D eigenvalue weighted by atomic mass is 35.5. The van der Waals surface area contributed by atoms with Crippen LogP contribution in [0.3, 0.4) is 0 Å². The highest BCUT2D eigenvalue weighted by Crippen LogP contribution is 2.24. The maximum atomic E-state index is 12.5. The lowest BCUT2D eigenvalue weighted by Gasteiger charge is -2.16. The lowest BCUT2D eigenvalue weighted by molar-refractivity contribution is 0.0765. The number of aromatic nitrogens is 2. The molecule has 1 saturated heterocycles. The van der Waals surface area contributed by atoms with Gasteiger partial charge in [0.15, 0.2) is 5.69 Å². The van der Waals surface area contributed by atoms with Crippen LogP contribution in [0.1, 0.15) is 16.9 Å². The first-order valence-electron chi connectivity index (χ1n) is 7.61. The average molecular weight is 334 g/mol. The van der Waals surface area contributed by atoms with Crippen LogP contribution in [0.5, 0.6) is 11.6 Å². The molecular weight excluding hydrogens is 318 g/mol. The molecule has 1 amide bonds. The molecule has 1 fully saturated rings. The van der Waals surface area contributed by atoms with Gasteiger partial charge >= 0.3 is 0 Å². The average Bonchev–Trinajstić information content (AvgIpc) is 3.21. The number of hydrogen-bond acceptors (Lipinski definition) is 4. The summed E-state index contributed by atoms with van der Waals surface area (Å²) in [4.78, 5) is 14.3. The SMILES string of the molecule is O=C(c1cc2n(n1)CCO2)N1CCC(Oc2cccc(Cl)c2)C1. The van der Waals surface area contributed by atoms with Crippen molar-refractivity contribution >= 4 is 17.5 Å². The van der Waals surface area contributed by atoms with Gasteiger partial charge in [0.05, 0.1) is 13.1 Å². The number of nitrogens with zero attached hydrogens (tertiary/aromatic N) is 3. The van der Waals surface area contributed by atoms with E-state index in [4.69, 9.17) is 21.1 Å². The second kappa shape index (κ2) is 5.77. The lowest BCUT2D eigenvalue weighted by Crippen LogP contribution is -2.31. The van der Waals surface area contributed by atoms with Gasteiger partial charge in [0.25, 0.3) is 5.91 Å². The molecule has 1 aromatic carbocycles. The molecule has 0 N–H and O–H groups in total. The molecule has 3 heterocycles. The van der Waals surface area contributed by atoms with E-state index in [0.29, 0.717) is 42.8 Å². The summed E-state index contributed by atoms with van der Waals surface area (Å²) in [6, 6.07) is 9.01. The number of benzene rings is 1. The number of fused-ring (bicyclic) bond motifs is 1. The van der Waals surface area contributed by atoms with Crippen LogP contribution in [-0.4, -0.2) is 46.4 Å². The first kappa shape index (κ1) is 14.4. The van der Waals surface area contributed by atoms with Crippen molar-refractivity contribution in [3.05, 3.63) is 41.0 Å². The maximum Gasteiger partial charge on any atom is 0.274 e. The molecule has 0 aliphatic carbocycles. The van der Waals surface area contributed by atoms with Gasteiger partial charge in [-0.25, -0.2) is 4.68 Å². The quantitative estimate of drug-likeness (QED) is 0.864. The first-order chi connectivity index (χ1) is 11.2. The Kier molecular flexibility index (Phi) is 3.61. The van der Waals surface area contributed by atoms with Crippen molar-refractivity contribution in [3.8, 4) is 11.6 Å². The van der Waals surface area contributed by atoms with Crippen LogP contribution in [0, 0.1) is 0 Å². The molecule has 2 aliphatic rings. The molecule has 4 rings (SSSR count). The Balaban J connectivity index is 1.40. The number of amides is 1. The smallest absolute Gasteiger partial charge is 0.274 e. The van der Waals surface area contributed by atoms with Gasteiger partial charge in [-0.1, -0.05) is 17.7 Å². The standard InChI is InChI=1S/C16H16ClN3O3/c17-11-2-1-3-12(8-11)23-13-4-5-19(10-13)16(21)14-9-15-20(18-14)6-7-22-15/h1-3,8-9,13H,4-7,10H2. The highest BCUT2D eigenvalue weighted by Gasteiger charge is 2.30. The Morgan fingerprint density at radius 2 is 2.26 bits per heavy atom. The van der Waals surface area contributed by atoms with Gasteiger partial charge in [-0.15, -0.1) is 0 Å². The van der Waals surface area contributed by atoms with Crippen LogP contribution < -0.4 is 9.47 Å². The minimum absolute atomic E-state index is 0.0249. The van der Waals surface area contributed by atoms with E-state index in [1.807, 2.05) is 12.1 Å². The number of rotatable bonds is 3. The molecule has 120 valence electrons. The van der Waals surface area contributed by atoms with Gasteiger partial charge in [0, 0.05) is 24.1 Å². The summed E-state index contributed by atoms with van der Waals surface area (Å²) in [6.45, 7) is 2.53. The highest BCUT2D eigenvalue weighted by molar-refractivity contribution is 6.30. The zero-order valence-corrected chi connectivity index (χ0v) is 13.2. The third-order valence-electron chi connectivity index (χ3n) is 4.05. The molecule has 23 heavy (non-hydrogen) atoms. The fourth-order valence-corrected chi connectivity index (χ4v) is 3.10. The normalized spacial score (nSPS) is 19.5. The van der Waals surface area contributed by atoms with Crippen LogP contribution in [0.25, 0.3) is 0 Å². The Hall–Kier alpha value is -2.21. The van der Waals surface area contributed by atoms with E-state index in [-0.39, 0.29) is 12.0 Å². The van der Waals surface area contributed by atoms with Gasteiger partial charge in [-0.05, 0) is 18.2 Å². The predicted molar refractivity (Wildman–Crippen MR) is 84.1 cm³/mol. The fourth-order valence-electron chi connectivity index (χ4n) is 2.92. The molecule has 1 unspecified atom stereocenters. The zero-order chi connectivity index (χ0) is 15.8. The van der Waals surface area contributed by atoms with Crippen molar-refractivity contribution in [3.63, 3.8) is 0 Å². The molecule has 2 aliphatic heterocycles. The largest absolute Gasteiger partial charge is 0.488 e. The maximum absolute atomic E-state index is 12.5. The Morgan fingerprint density at radius 1 is 1.35 bits per heavy atom. The number of hydrogen-bond donors (Lipinski definition) is 0. The summed E-state index contributed by atoms with van der Waals surface area (Å²) in [5.74, 6) is 1.32. The van der Waals surface area contributed by atoms with E-state index in [2.05, 4.69) is 5.10 Å². The number of likely N-dealkylation sites (tertiary alicyclic amines) is 1. The molecule has 6 nitrogen and oxygen atoms in total. The monoisotopic (exact) mass is 333 g/mol. The van der Waals surface area contributed by atoms with Crippen molar-refractivity contribution < 1.29 is 14.3 Å². The molecule has 1 aromatic heterocycles. The van der Waals surface area contributed by atoms with Gasteiger partial charge in [-0.3, -0.25) is 4.79 Å². The summed E-state index contributed by atoms with van der Waals surface area (Å²) in [5, 5.41) is 4.94. The topological polar surface area (TPSA) is 56.6 Å². The van der Waals surface area contributed by atoms with E-state index < -0.39 is 0 Å². The third kappa shape index (κ3) is 2.86. The van der Waals surface area contributed by atoms with Gasteiger partial charge in [-0.2, -0.15) is 5.10 Å². The minimum atomic E-state index is -0.0762. The molecule has 0 bridgehead atoms. The Bertz CT molecular complexity index is 724. The summed E-state index contributed by atoms with van der Waals surface area (Å²) in [7, 11) is 0. The molecule has 7 heteroatoms. The van der Waals surface area contributed by atoms with Gasteiger partial charge < -0.3 is 14.4 Å². The molecule has 0 radical (unpaired) electrons.